The molecule has 22 heavy (non-hydrogen) atoms. The van der Waals surface area contributed by atoms with Gasteiger partial charge in [-0.3, -0.25) is 4.79 Å². The van der Waals surface area contributed by atoms with E-state index < -0.39 is 5.41 Å². The number of ketones is 1. The van der Waals surface area contributed by atoms with Crippen LogP contribution in [0.1, 0.15) is 43.2 Å². The van der Waals surface area contributed by atoms with Crippen LogP contribution in [0.5, 0.6) is 0 Å². The summed E-state index contributed by atoms with van der Waals surface area (Å²) in [4.78, 5) is 12.9. The van der Waals surface area contributed by atoms with Crippen LogP contribution < -0.4 is 0 Å². The summed E-state index contributed by atoms with van der Waals surface area (Å²) >= 11 is 0. The average Bonchev–Trinajstić information content (AvgIpc) is 2.77. The minimum Gasteiger partial charge on any atom is -0.298 e. The van der Waals surface area contributed by atoms with E-state index in [0.717, 1.165) is 36.8 Å². The minimum atomic E-state index is -0.631. The Morgan fingerprint density at radius 3 is 2.23 bits per heavy atom. The second-order valence-electron chi connectivity index (χ2n) is 5.87. The lowest BCUT2D eigenvalue weighted by Gasteiger charge is -2.26. The van der Waals surface area contributed by atoms with Gasteiger partial charge in [-0.15, -0.1) is 0 Å². The first-order valence-electron chi connectivity index (χ1n) is 7.98. The van der Waals surface area contributed by atoms with Crippen molar-refractivity contribution in [1.29, 1.82) is 0 Å². The molecule has 1 atom stereocenters. The lowest BCUT2D eigenvalue weighted by atomic mass is 9.74. The van der Waals surface area contributed by atoms with Crippen LogP contribution in [0.25, 0.3) is 0 Å². The second-order valence-corrected chi connectivity index (χ2v) is 5.87. The number of carbonyl (C=O) groups excluding carboxylic acids is 1. The molecule has 0 bridgehead atoms. The van der Waals surface area contributed by atoms with Crippen molar-refractivity contribution in [2.75, 3.05) is 0 Å². The molecule has 1 saturated carbocycles. The summed E-state index contributed by atoms with van der Waals surface area (Å²) in [7, 11) is 0. The monoisotopic (exact) mass is 288 g/mol. The van der Waals surface area contributed by atoms with E-state index >= 15 is 0 Å². The molecule has 2 aromatic rings. The van der Waals surface area contributed by atoms with Crippen LogP contribution in [-0.4, -0.2) is 5.78 Å². The highest BCUT2D eigenvalue weighted by atomic mass is 16.1. The van der Waals surface area contributed by atoms with Crippen LogP contribution in [0.3, 0.4) is 0 Å². The van der Waals surface area contributed by atoms with Gasteiger partial charge < -0.3 is 0 Å². The van der Waals surface area contributed by atoms with E-state index in [1.54, 1.807) is 0 Å². The molecule has 0 radical (unpaired) electrons. The molecule has 110 valence electrons. The van der Waals surface area contributed by atoms with Gasteiger partial charge in [0.2, 0.25) is 0 Å². The molecular weight excluding hydrogens is 268 g/mol. The molecule has 0 N–H and O–H groups in total. The molecular formula is C21H20O. The van der Waals surface area contributed by atoms with E-state index in [-0.39, 0.29) is 5.78 Å². The first-order chi connectivity index (χ1) is 10.8. The third kappa shape index (κ3) is 2.97. The zero-order valence-electron chi connectivity index (χ0n) is 12.7. The van der Waals surface area contributed by atoms with Crippen LogP contribution in [0.2, 0.25) is 0 Å². The van der Waals surface area contributed by atoms with Gasteiger partial charge in [0.15, 0.2) is 5.78 Å². The van der Waals surface area contributed by atoms with Crippen LogP contribution in [0.4, 0.5) is 0 Å². The van der Waals surface area contributed by atoms with Gasteiger partial charge in [-0.2, -0.15) is 0 Å². The standard InChI is InChI=1S/C21H20O/c22-20-14-8-3-9-16-21(20,19-12-6-2-7-13-19)17-15-18-10-4-1-5-11-18/h1-2,4-7,10-13H,3,8-9,14,16H2. The van der Waals surface area contributed by atoms with E-state index in [0.29, 0.717) is 6.42 Å². The zero-order valence-corrected chi connectivity index (χ0v) is 12.7. The molecule has 1 nitrogen and oxygen atoms in total. The maximum absolute atomic E-state index is 12.9. The number of hydrogen-bond donors (Lipinski definition) is 0. The van der Waals surface area contributed by atoms with E-state index in [2.05, 4.69) is 11.8 Å². The maximum atomic E-state index is 12.9. The molecule has 3 rings (SSSR count). The van der Waals surface area contributed by atoms with Crippen LogP contribution >= 0.6 is 0 Å². The molecule has 0 heterocycles. The predicted octanol–water partition coefficient (Wildman–Crippen LogP) is 4.51. The summed E-state index contributed by atoms with van der Waals surface area (Å²) in [6.45, 7) is 0. The van der Waals surface area contributed by atoms with E-state index in [9.17, 15) is 4.79 Å². The predicted molar refractivity (Wildman–Crippen MR) is 89.5 cm³/mol. The Morgan fingerprint density at radius 1 is 0.818 bits per heavy atom. The number of Topliss-reactive ketones (excluding diaryl/α,β-unsaturated/α-hetero) is 1. The fourth-order valence-electron chi connectivity index (χ4n) is 3.14. The summed E-state index contributed by atoms with van der Waals surface area (Å²) in [6.07, 6.45) is 4.63. The molecule has 0 aliphatic heterocycles. The first kappa shape index (κ1) is 14.6. The van der Waals surface area contributed by atoms with Gasteiger partial charge in [-0.25, -0.2) is 0 Å². The highest BCUT2D eigenvalue weighted by molar-refractivity contribution is 5.94. The van der Waals surface area contributed by atoms with Crippen molar-refractivity contribution in [3.05, 3.63) is 71.8 Å². The summed E-state index contributed by atoms with van der Waals surface area (Å²) in [5, 5.41) is 0. The van der Waals surface area contributed by atoms with Crippen molar-refractivity contribution >= 4 is 5.78 Å². The molecule has 0 spiro atoms. The topological polar surface area (TPSA) is 17.1 Å². The number of hydrogen-bond acceptors (Lipinski definition) is 1. The highest BCUT2D eigenvalue weighted by Crippen LogP contribution is 2.35. The van der Waals surface area contributed by atoms with Gasteiger partial charge in [0.05, 0.1) is 0 Å². The minimum absolute atomic E-state index is 0.277. The number of carbonyl (C=O) groups is 1. The lowest BCUT2D eigenvalue weighted by molar-refractivity contribution is -0.122. The van der Waals surface area contributed by atoms with E-state index in [1.807, 2.05) is 60.7 Å². The molecule has 1 heteroatoms. The van der Waals surface area contributed by atoms with Crippen LogP contribution in [0, 0.1) is 11.8 Å². The first-order valence-corrected chi connectivity index (χ1v) is 7.98. The molecule has 1 fully saturated rings. The van der Waals surface area contributed by atoms with Crippen molar-refractivity contribution < 1.29 is 4.79 Å². The quantitative estimate of drug-likeness (QED) is 0.557. The van der Waals surface area contributed by atoms with Gasteiger partial charge in [0.25, 0.3) is 0 Å². The molecule has 1 aliphatic carbocycles. The highest BCUT2D eigenvalue weighted by Gasteiger charge is 2.38. The van der Waals surface area contributed by atoms with Gasteiger partial charge in [0, 0.05) is 12.0 Å². The molecule has 0 amide bonds. The molecule has 0 saturated heterocycles. The smallest absolute Gasteiger partial charge is 0.155 e. The Labute approximate surface area is 132 Å². The van der Waals surface area contributed by atoms with Crippen molar-refractivity contribution in [3.8, 4) is 11.8 Å². The number of rotatable bonds is 1. The van der Waals surface area contributed by atoms with Gasteiger partial charge in [0.1, 0.15) is 5.41 Å². The Balaban J connectivity index is 2.07. The van der Waals surface area contributed by atoms with Crippen molar-refractivity contribution in [1.82, 2.24) is 0 Å². The summed E-state index contributed by atoms with van der Waals surface area (Å²) in [5.74, 6) is 6.88. The summed E-state index contributed by atoms with van der Waals surface area (Å²) in [6, 6.07) is 20.0. The van der Waals surface area contributed by atoms with Gasteiger partial charge >= 0.3 is 0 Å². The third-order valence-corrected chi connectivity index (χ3v) is 4.39. The Kier molecular flexibility index (Phi) is 4.39. The molecule has 0 aromatic heterocycles. The van der Waals surface area contributed by atoms with Crippen LogP contribution in [-0.2, 0) is 10.2 Å². The Morgan fingerprint density at radius 2 is 1.50 bits per heavy atom. The van der Waals surface area contributed by atoms with Gasteiger partial charge in [-0.05, 0) is 30.5 Å². The largest absolute Gasteiger partial charge is 0.298 e. The average molecular weight is 288 g/mol. The second kappa shape index (κ2) is 6.62. The normalized spacial score (nSPS) is 21.5. The maximum Gasteiger partial charge on any atom is 0.155 e. The molecule has 1 aliphatic rings. The summed E-state index contributed by atoms with van der Waals surface area (Å²) < 4.78 is 0. The van der Waals surface area contributed by atoms with E-state index in [1.165, 1.54) is 0 Å². The van der Waals surface area contributed by atoms with Crippen molar-refractivity contribution in [3.63, 3.8) is 0 Å². The zero-order chi connectivity index (χ0) is 15.3. The number of benzene rings is 2. The van der Waals surface area contributed by atoms with Gasteiger partial charge in [-0.1, -0.05) is 73.2 Å². The Bertz CT molecular complexity index is 691. The van der Waals surface area contributed by atoms with E-state index in [4.69, 9.17) is 0 Å². The summed E-state index contributed by atoms with van der Waals surface area (Å²) in [5.41, 5.74) is 1.38. The SMILES string of the molecule is O=C1CCCCCC1(C#Cc1ccccc1)c1ccccc1. The van der Waals surface area contributed by atoms with Crippen LogP contribution in [0.15, 0.2) is 60.7 Å². The fourth-order valence-corrected chi connectivity index (χ4v) is 3.14. The Hall–Kier alpha value is -2.33. The molecule has 1 unspecified atom stereocenters. The molecule has 2 aromatic carbocycles. The van der Waals surface area contributed by atoms with Crippen molar-refractivity contribution in [2.24, 2.45) is 0 Å². The van der Waals surface area contributed by atoms with Crippen molar-refractivity contribution in [2.45, 2.75) is 37.5 Å². The lowest BCUT2D eigenvalue weighted by Crippen LogP contribution is -2.33. The third-order valence-electron chi connectivity index (χ3n) is 4.39. The fraction of sp³-hybridized carbons (Fsp3) is 0.286.